The molecule has 0 spiro atoms. The van der Waals surface area contributed by atoms with E-state index in [0.717, 1.165) is 12.3 Å². The van der Waals surface area contributed by atoms with Crippen molar-refractivity contribution in [2.75, 3.05) is 0 Å². The molecule has 2 heteroatoms. The van der Waals surface area contributed by atoms with Crippen LogP contribution in [-0.4, -0.2) is 12.6 Å². The summed E-state index contributed by atoms with van der Waals surface area (Å²) in [5, 5.41) is 0. The molecule has 0 atom stereocenters. The lowest BCUT2D eigenvalue weighted by atomic mass is 9.92. The summed E-state index contributed by atoms with van der Waals surface area (Å²) in [6.07, 6.45) is 4.49. The number of nitrogens with zero attached hydrogens (tertiary/aromatic N) is 2. The lowest BCUT2D eigenvalue weighted by Gasteiger charge is -2.16. The van der Waals surface area contributed by atoms with Gasteiger partial charge in [-0.25, -0.2) is 9.98 Å². The summed E-state index contributed by atoms with van der Waals surface area (Å²) < 4.78 is 0. The van der Waals surface area contributed by atoms with Crippen molar-refractivity contribution in [3.8, 4) is 0 Å². The molecule has 0 saturated heterocycles. The number of rotatable bonds is 2. The third-order valence-electron chi connectivity index (χ3n) is 1.24. The minimum atomic E-state index is 0.224. The second-order valence-electron chi connectivity index (χ2n) is 3.92. The van der Waals surface area contributed by atoms with Crippen molar-refractivity contribution in [1.29, 1.82) is 0 Å². The molecule has 0 aromatic heterocycles. The number of allylic oxidation sites excluding steroid dienone is 1. The lowest BCUT2D eigenvalue weighted by molar-refractivity contribution is 0.433. The molecule has 68 valence electrons. The van der Waals surface area contributed by atoms with Gasteiger partial charge in [0.1, 0.15) is 5.84 Å². The van der Waals surface area contributed by atoms with Crippen molar-refractivity contribution in [3.05, 3.63) is 12.3 Å². The van der Waals surface area contributed by atoms with Gasteiger partial charge in [0, 0.05) is 12.6 Å². The van der Waals surface area contributed by atoms with E-state index in [1.807, 2.05) is 13.0 Å². The molecule has 0 saturated carbocycles. The van der Waals surface area contributed by atoms with Gasteiger partial charge in [0.15, 0.2) is 0 Å². The maximum absolute atomic E-state index is 4.15. The van der Waals surface area contributed by atoms with Crippen LogP contribution in [0, 0.1) is 5.41 Å². The van der Waals surface area contributed by atoms with Crippen LogP contribution in [0.1, 0.15) is 34.1 Å². The fraction of sp³-hybridized carbons (Fsp3) is 0.600. The van der Waals surface area contributed by atoms with Crippen molar-refractivity contribution in [1.82, 2.24) is 0 Å². The van der Waals surface area contributed by atoms with Crippen LogP contribution in [-0.2, 0) is 0 Å². The third-order valence-corrected chi connectivity index (χ3v) is 1.24. The van der Waals surface area contributed by atoms with E-state index in [4.69, 9.17) is 0 Å². The van der Waals surface area contributed by atoms with Crippen LogP contribution in [0.15, 0.2) is 22.3 Å². The normalized spacial score (nSPS) is 13.8. The van der Waals surface area contributed by atoms with Crippen LogP contribution in [0.3, 0.4) is 0 Å². The van der Waals surface area contributed by atoms with Crippen molar-refractivity contribution in [2.24, 2.45) is 15.4 Å². The van der Waals surface area contributed by atoms with Crippen molar-refractivity contribution in [2.45, 2.75) is 34.1 Å². The topological polar surface area (TPSA) is 24.7 Å². The maximum atomic E-state index is 4.15. The number of hydrogen-bond acceptors (Lipinski definition) is 1. The Morgan fingerprint density at radius 3 is 2.33 bits per heavy atom. The molecule has 0 aromatic carbocycles. The highest BCUT2D eigenvalue weighted by Gasteiger charge is 2.12. The van der Waals surface area contributed by atoms with Gasteiger partial charge in [-0.1, -0.05) is 26.8 Å². The van der Waals surface area contributed by atoms with Gasteiger partial charge in [0.25, 0.3) is 0 Å². The first-order chi connectivity index (χ1) is 5.49. The van der Waals surface area contributed by atoms with Crippen LogP contribution in [0.5, 0.6) is 0 Å². The molecule has 0 aliphatic heterocycles. The van der Waals surface area contributed by atoms with Crippen molar-refractivity contribution >= 4 is 12.6 Å². The Morgan fingerprint density at radius 1 is 1.42 bits per heavy atom. The molecular formula is C10H18N2. The molecule has 0 aliphatic carbocycles. The zero-order valence-electron chi connectivity index (χ0n) is 8.46. The summed E-state index contributed by atoms with van der Waals surface area (Å²) in [4.78, 5) is 8.01. The van der Waals surface area contributed by atoms with Gasteiger partial charge in [-0.2, -0.15) is 0 Å². The standard InChI is InChI=1S/C10H18N2/c1-6-7-12-9(11-5)8-10(2,3)4/h6-7H,5,8H2,1-4H3/b7-6-,12-9-. The van der Waals surface area contributed by atoms with E-state index in [2.05, 4.69) is 37.5 Å². The average molecular weight is 166 g/mol. The molecule has 0 bridgehead atoms. The summed E-state index contributed by atoms with van der Waals surface area (Å²) in [6.45, 7) is 11.9. The lowest BCUT2D eigenvalue weighted by Crippen LogP contribution is -2.10. The maximum Gasteiger partial charge on any atom is 0.127 e. The summed E-state index contributed by atoms with van der Waals surface area (Å²) in [7, 11) is 0. The third kappa shape index (κ3) is 5.83. The summed E-state index contributed by atoms with van der Waals surface area (Å²) in [5.41, 5.74) is 0.224. The molecule has 0 unspecified atom stereocenters. The summed E-state index contributed by atoms with van der Waals surface area (Å²) in [6, 6.07) is 0. The van der Waals surface area contributed by atoms with Gasteiger partial charge in [-0.3, -0.25) is 0 Å². The van der Waals surface area contributed by atoms with Crippen LogP contribution < -0.4 is 0 Å². The Morgan fingerprint density at radius 2 is 2.00 bits per heavy atom. The molecule has 0 fully saturated rings. The van der Waals surface area contributed by atoms with E-state index < -0.39 is 0 Å². The van der Waals surface area contributed by atoms with Gasteiger partial charge in [-0.05, 0) is 19.1 Å². The van der Waals surface area contributed by atoms with E-state index in [-0.39, 0.29) is 5.41 Å². The van der Waals surface area contributed by atoms with Crippen LogP contribution in [0.4, 0.5) is 0 Å². The number of aliphatic imine (C=N–C) groups is 2. The average Bonchev–Trinajstić information content (AvgIpc) is 1.95. The monoisotopic (exact) mass is 166 g/mol. The second kappa shape index (κ2) is 4.86. The minimum absolute atomic E-state index is 0.224. The quantitative estimate of drug-likeness (QED) is 0.445. The molecule has 12 heavy (non-hydrogen) atoms. The Hall–Kier alpha value is -0.920. The molecule has 0 amide bonds. The second-order valence-corrected chi connectivity index (χ2v) is 3.92. The predicted octanol–water partition coefficient (Wildman–Crippen LogP) is 3.06. The predicted molar refractivity (Wildman–Crippen MR) is 55.9 cm³/mol. The fourth-order valence-electron chi connectivity index (χ4n) is 0.777. The van der Waals surface area contributed by atoms with Gasteiger partial charge < -0.3 is 0 Å². The first-order valence-electron chi connectivity index (χ1n) is 4.14. The van der Waals surface area contributed by atoms with E-state index >= 15 is 0 Å². The zero-order chi connectivity index (χ0) is 9.61. The SMILES string of the molecule is C=N/C(CC(C)(C)C)=N\C=C/C. The Bertz CT molecular complexity index is 194. The highest BCUT2D eigenvalue weighted by Crippen LogP contribution is 2.19. The van der Waals surface area contributed by atoms with Crippen molar-refractivity contribution in [3.63, 3.8) is 0 Å². The smallest absolute Gasteiger partial charge is 0.127 e. The van der Waals surface area contributed by atoms with E-state index in [1.165, 1.54) is 0 Å². The number of hydrogen-bond donors (Lipinski definition) is 0. The van der Waals surface area contributed by atoms with Crippen molar-refractivity contribution < 1.29 is 0 Å². The highest BCUT2D eigenvalue weighted by atomic mass is 14.9. The van der Waals surface area contributed by atoms with E-state index in [1.54, 1.807) is 6.20 Å². The molecular weight excluding hydrogens is 148 g/mol. The fourth-order valence-corrected chi connectivity index (χ4v) is 0.777. The van der Waals surface area contributed by atoms with Crippen LogP contribution in [0.2, 0.25) is 0 Å². The van der Waals surface area contributed by atoms with Gasteiger partial charge in [-0.15, -0.1) is 0 Å². The van der Waals surface area contributed by atoms with E-state index in [9.17, 15) is 0 Å². The molecule has 0 N–H and O–H groups in total. The first-order valence-corrected chi connectivity index (χ1v) is 4.14. The van der Waals surface area contributed by atoms with Gasteiger partial charge in [0.05, 0.1) is 0 Å². The summed E-state index contributed by atoms with van der Waals surface area (Å²) in [5.74, 6) is 0.806. The number of amidine groups is 1. The highest BCUT2D eigenvalue weighted by molar-refractivity contribution is 5.87. The molecule has 0 rings (SSSR count). The minimum Gasteiger partial charge on any atom is -0.249 e. The zero-order valence-corrected chi connectivity index (χ0v) is 8.46. The van der Waals surface area contributed by atoms with Gasteiger partial charge in [0.2, 0.25) is 0 Å². The Labute approximate surface area is 75.1 Å². The molecule has 0 aromatic rings. The summed E-state index contributed by atoms with van der Waals surface area (Å²) >= 11 is 0. The Kier molecular flexibility index (Phi) is 4.49. The molecule has 2 nitrogen and oxygen atoms in total. The van der Waals surface area contributed by atoms with Crippen LogP contribution >= 0.6 is 0 Å². The first kappa shape index (κ1) is 11.1. The van der Waals surface area contributed by atoms with E-state index in [0.29, 0.717) is 0 Å². The van der Waals surface area contributed by atoms with Gasteiger partial charge >= 0.3 is 0 Å². The van der Waals surface area contributed by atoms with Crippen LogP contribution in [0.25, 0.3) is 0 Å². The molecule has 0 radical (unpaired) electrons. The Balaban J connectivity index is 4.28. The molecule has 0 aliphatic rings. The molecule has 0 heterocycles. The largest absolute Gasteiger partial charge is 0.249 e.